The minimum Gasteiger partial charge on any atom is -0.356 e. The Morgan fingerprint density at radius 1 is 1.38 bits per heavy atom. The largest absolute Gasteiger partial charge is 0.356 e. The van der Waals surface area contributed by atoms with Crippen LogP contribution in [0, 0.1) is 6.92 Å². The highest BCUT2D eigenvalue weighted by molar-refractivity contribution is 9.10. The maximum absolute atomic E-state index is 4.45. The van der Waals surface area contributed by atoms with Crippen molar-refractivity contribution in [2.24, 2.45) is 4.99 Å². The summed E-state index contributed by atoms with van der Waals surface area (Å²) < 4.78 is 1.09. The smallest absolute Gasteiger partial charge is 0.191 e. The standard InChI is InChI=1S/C15H19BrN4S/c1-11-20-14(10-21-11)6-7-18-15(17-2)19-9-12-4-3-5-13(16)8-12/h3-5,8,10H,6-7,9H2,1-2H3,(H2,17,18,19). The van der Waals surface area contributed by atoms with Crippen molar-refractivity contribution in [1.82, 2.24) is 15.6 Å². The molecular weight excluding hydrogens is 348 g/mol. The van der Waals surface area contributed by atoms with Gasteiger partial charge >= 0.3 is 0 Å². The van der Waals surface area contributed by atoms with Crippen molar-refractivity contribution in [2.75, 3.05) is 13.6 Å². The van der Waals surface area contributed by atoms with Gasteiger partial charge in [0.15, 0.2) is 5.96 Å². The number of guanidine groups is 1. The first-order valence-electron chi connectivity index (χ1n) is 6.77. The van der Waals surface area contributed by atoms with Crippen molar-refractivity contribution in [3.63, 3.8) is 0 Å². The first-order valence-corrected chi connectivity index (χ1v) is 8.44. The van der Waals surface area contributed by atoms with Gasteiger partial charge in [-0.1, -0.05) is 28.1 Å². The van der Waals surface area contributed by atoms with Crippen molar-refractivity contribution in [3.8, 4) is 0 Å². The second-order valence-electron chi connectivity index (χ2n) is 4.59. The molecule has 0 aliphatic carbocycles. The molecule has 0 saturated carbocycles. The molecule has 0 aliphatic heterocycles. The number of benzene rings is 1. The van der Waals surface area contributed by atoms with E-state index in [2.05, 4.69) is 54.1 Å². The predicted molar refractivity (Wildman–Crippen MR) is 92.9 cm³/mol. The third kappa shape index (κ3) is 5.47. The number of nitrogens with one attached hydrogen (secondary N) is 2. The molecule has 0 bridgehead atoms. The van der Waals surface area contributed by atoms with E-state index in [4.69, 9.17) is 0 Å². The Kier molecular flexibility index (Phi) is 6.20. The van der Waals surface area contributed by atoms with Crippen LogP contribution in [0.2, 0.25) is 0 Å². The Bertz CT molecular complexity index is 609. The topological polar surface area (TPSA) is 49.3 Å². The average Bonchev–Trinajstić information content (AvgIpc) is 2.88. The molecule has 1 aromatic carbocycles. The summed E-state index contributed by atoms with van der Waals surface area (Å²) in [6.45, 7) is 3.59. The number of rotatable bonds is 5. The minimum atomic E-state index is 0.745. The lowest BCUT2D eigenvalue weighted by atomic mass is 10.2. The van der Waals surface area contributed by atoms with E-state index in [0.717, 1.165) is 40.6 Å². The van der Waals surface area contributed by atoms with Crippen LogP contribution in [-0.2, 0) is 13.0 Å². The lowest BCUT2D eigenvalue weighted by molar-refractivity contribution is 0.786. The summed E-state index contributed by atoms with van der Waals surface area (Å²) in [5.41, 5.74) is 2.34. The molecule has 1 aromatic heterocycles. The van der Waals surface area contributed by atoms with E-state index >= 15 is 0 Å². The van der Waals surface area contributed by atoms with Crippen molar-refractivity contribution >= 4 is 33.2 Å². The Morgan fingerprint density at radius 2 is 2.24 bits per heavy atom. The monoisotopic (exact) mass is 366 g/mol. The van der Waals surface area contributed by atoms with Crippen LogP contribution in [0.3, 0.4) is 0 Å². The number of aliphatic imine (C=N–C) groups is 1. The van der Waals surface area contributed by atoms with Crippen molar-refractivity contribution < 1.29 is 0 Å². The molecule has 0 amide bonds. The van der Waals surface area contributed by atoms with Gasteiger partial charge < -0.3 is 10.6 Å². The van der Waals surface area contributed by atoms with Gasteiger partial charge in [0.25, 0.3) is 0 Å². The van der Waals surface area contributed by atoms with E-state index in [-0.39, 0.29) is 0 Å². The summed E-state index contributed by atoms with van der Waals surface area (Å²) in [6.07, 6.45) is 0.905. The number of hydrogen-bond acceptors (Lipinski definition) is 3. The van der Waals surface area contributed by atoms with Gasteiger partial charge in [0, 0.05) is 36.4 Å². The summed E-state index contributed by atoms with van der Waals surface area (Å²) >= 11 is 5.17. The zero-order valence-electron chi connectivity index (χ0n) is 12.2. The minimum absolute atomic E-state index is 0.745. The maximum atomic E-state index is 4.45. The molecule has 6 heteroatoms. The van der Waals surface area contributed by atoms with Crippen LogP contribution >= 0.6 is 27.3 Å². The van der Waals surface area contributed by atoms with Gasteiger partial charge in [-0.2, -0.15) is 0 Å². The summed E-state index contributed by atoms with van der Waals surface area (Å²) in [7, 11) is 1.78. The van der Waals surface area contributed by atoms with Crippen LogP contribution in [0.25, 0.3) is 0 Å². The second kappa shape index (κ2) is 8.14. The molecular formula is C15H19BrN4S. The van der Waals surface area contributed by atoms with Crippen LogP contribution in [0.1, 0.15) is 16.3 Å². The number of aryl methyl sites for hydroxylation is 1. The van der Waals surface area contributed by atoms with E-state index < -0.39 is 0 Å². The zero-order valence-corrected chi connectivity index (χ0v) is 14.6. The SMILES string of the molecule is CN=C(NCCc1csc(C)n1)NCc1cccc(Br)c1. The fourth-order valence-corrected chi connectivity index (χ4v) is 2.98. The maximum Gasteiger partial charge on any atom is 0.191 e. The van der Waals surface area contributed by atoms with E-state index in [0.29, 0.717) is 0 Å². The summed E-state index contributed by atoms with van der Waals surface area (Å²) in [5.74, 6) is 0.807. The van der Waals surface area contributed by atoms with E-state index in [9.17, 15) is 0 Å². The van der Waals surface area contributed by atoms with Gasteiger partial charge in [0.2, 0.25) is 0 Å². The molecule has 112 valence electrons. The summed E-state index contributed by atoms with van der Waals surface area (Å²) in [6, 6.07) is 8.23. The average molecular weight is 367 g/mol. The number of nitrogens with zero attached hydrogens (tertiary/aromatic N) is 2. The highest BCUT2D eigenvalue weighted by Gasteiger charge is 2.01. The van der Waals surface area contributed by atoms with Crippen LogP contribution in [0.4, 0.5) is 0 Å². The Labute approximate surface area is 137 Å². The molecule has 0 unspecified atom stereocenters. The second-order valence-corrected chi connectivity index (χ2v) is 6.57. The molecule has 0 fully saturated rings. The Balaban J connectivity index is 1.76. The highest BCUT2D eigenvalue weighted by Crippen LogP contribution is 2.11. The third-order valence-corrected chi connectivity index (χ3v) is 4.23. The summed E-state index contributed by atoms with van der Waals surface area (Å²) in [5, 5.41) is 9.83. The Morgan fingerprint density at radius 3 is 2.90 bits per heavy atom. The van der Waals surface area contributed by atoms with E-state index in [1.54, 1.807) is 18.4 Å². The van der Waals surface area contributed by atoms with Gasteiger partial charge in [0.05, 0.1) is 10.7 Å². The van der Waals surface area contributed by atoms with Gasteiger partial charge in [-0.3, -0.25) is 4.99 Å². The molecule has 0 spiro atoms. The molecule has 0 radical (unpaired) electrons. The first-order chi connectivity index (χ1) is 10.2. The molecule has 1 heterocycles. The van der Waals surface area contributed by atoms with Crippen molar-refractivity contribution in [2.45, 2.75) is 19.9 Å². The molecule has 0 atom stereocenters. The van der Waals surface area contributed by atoms with Gasteiger partial charge in [0.1, 0.15) is 0 Å². The number of aromatic nitrogens is 1. The first kappa shape index (κ1) is 16.0. The number of hydrogen-bond donors (Lipinski definition) is 2. The lowest BCUT2D eigenvalue weighted by Gasteiger charge is -2.11. The van der Waals surface area contributed by atoms with Crippen LogP contribution in [0.5, 0.6) is 0 Å². The molecule has 0 aliphatic rings. The molecule has 2 aromatic rings. The lowest BCUT2D eigenvalue weighted by Crippen LogP contribution is -2.37. The van der Waals surface area contributed by atoms with Crippen LogP contribution in [0.15, 0.2) is 39.1 Å². The molecule has 2 rings (SSSR count). The van der Waals surface area contributed by atoms with E-state index in [1.807, 2.05) is 19.1 Å². The fourth-order valence-electron chi connectivity index (χ4n) is 1.89. The van der Waals surface area contributed by atoms with Gasteiger partial charge in [-0.15, -0.1) is 11.3 Å². The van der Waals surface area contributed by atoms with Crippen molar-refractivity contribution in [1.29, 1.82) is 0 Å². The molecule has 4 nitrogen and oxygen atoms in total. The fraction of sp³-hybridized carbons (Fsp3) is 0.333. The third-order valence-electron chi connectivity index (χ3n) is 2.91. The Hall–Kier alpha value is -1.40. The molecule has 0 saturated heterocycles. The van der Waals surface area contributed by atoms with Gasteiger partial charge in [-0.05, 0) is 24.6 Å². The van der Waals surface area contributed by atoms with E-state index in [1.165, 1.54) is 5.56 Å². The van der Waals surface area contributed by atoms with Crippen molar-refractivity contribution in [3.05, 3.63) is 50.4 Å². The predicted octanol–water partition coefficient (Wildman–Crippen LogP) is 3.12. The molecule has 21 heavy (non-hydrogen) atoms. The highest BCUT2D eigenvalue weighted by atomic mass is 79.9. The van der Waals surface area contributed by atoms with Gasteiger partial charge in [-0.25, -0.2) is 4.98 Å². The van der Waals surface area contributed by atoms with Crippen LogP contribution in [-0.4, -0.2) is 24.5 Å². The zero-order chi connectivity index (χ0) is 15.1. The normalized spacial score (nSPS) is 11.5. The number of halogens is 1. The number of thiazole rings is 1. The molecule has 2 N–H and O–H groups in total. The summed E-state index contributed by atoms with van der Waals surface area (Å²) in [4.78, 5) is 8.68. The van der Waals surface area contributed by atoms with Crippen LogP contribution < -0.4 is 10.6 Å². The quantitative estimate of drug-likeness (QED) is 0.631.